The van der Waals surface area contributed by atoms with E-state index in [1.165, 1.54) is 26.2 Å². The topological polar surface area (TPSA) is 59.2 Å². The Balaban J connectivity index is 1.88. The summed E-state index contributed by atoms with van der Waals surface area (Å²) < 4.78 is 5.01. The van der Waals surface area contributed by atoms with E-state index in [1.807, 2.05) is 0 Å². The maximum atomic E-state index is 10.9. The van der Waals surface area contributed by atoms with E-state index in [9.17, 15) is 4.79 Å². The predicted octanol–water partition coefficient (Wildman–Crippen LogP) is 1.19. The van der Waals surface area contributed by atoms with Gasteiger partial charge in [0.15, 0.2) is 5.82 Å². The van der Waals surface area contributed by atoms with Crippen molar-refractivity contribution < 1.29 is 9.32 Å². The van der Waals surface area contributed by atoms with E-state index in [0.717, 1.165) is 19.6 Å². The number of hydrogen-bond acceptors (Lipinski definition) is 5. The van der Waals surface area contributed by atoms with Crippen LogP contribution in [0.5, 0.6) is 0 Å². The van der Waals surface area contributed by atoms with Crippen LogP contribution in [0.25, 0.3) is 0 Å². The molecule has 2 rings (SSSR count). The normalized spacial score (nSPS) is 17.6. The van der Waals surface area contributed by atoms with Gasteiger partial charge in [-0.1, -0.05) is 11.6 Å². The SMILES string of the molecule is CC(=O)Cc1nc(CN2CCCCC2)no1. The zero-order valence-corrected chi connectivity index (χ0v) is 9.61. The molecule has 0 spiro atoms. The molecule has 0 atom stereocenters. The number of carbonyl (C=O) groups excluding carboxylic acids is 1. The van der Waals surface area contributed by atoms with Crippen LogP contribution in [0.15, 0.2) is 4.52 Å². The highest BCUT2D eigenvalue weighted by Gasteiger charge is 2.14. The molecule has 5 heteroatoms. The number of rotatable bonds is 4. The summed E-state index contributed by atoms with van der Waals surface area (Å²) in [7, 11) is 0. The van der Waals surface area contributed by atoms with Gasteiger partial charge in [0.25, 0.3) is 0 Å². The van der Waals surface area contributed by atoms with Crippen LogP contribution in [0.1, 0.15) is 37.9 Å². The molecule has 0 aromatic carbocycles. The average Bonchev–Trinajstić information content (AvgIpc) is 2.66. The van der Waals surface area contributed by atoms with Crippen molar-refractivity contribution in [2.75, 3.05) is 13.1 Å². The first-order valence-electron chi connectivity index (χ1n) is 5.77. The minimum Gasteiger partial charge on any atom is -0.339 e. The molecule has 0 radical (unpaired) electrons. The quantitative estimate of drug-likeness (QED) is 0.767. The van der Waals surface area contributed by atoms with Crippen molar-refractivity contribution in [3.63, 3.8) is 0 Å². The van der Waals surface area contributed by atoms with Crippen LogP contribution >= 0.6 is 0 Å². The molecule has 0 aliphatic carbocycles. The molecule has 0 N–H and O–H groups in total. The summed E-state index contributed by atoms with van der Waals surface area (Å²) >= 11 is 0. The Labute approximate surface area is 94.8 Å². The Morgan fingerprint density at radius 1 is 1.38 bits per heavy atom. The highest BCUT2D eigenvalue weighted by atomic mass is 16.5. The molecule has 16 heavy (non-hydrogen) atoms. The predicted molar refractivity (Wildman–Crippen MR) is 57.8 cm³/mol. The number of nitrogens with zero attached hydrogens (tertiary/aromatic N) is 3. The number of hydrogen-bond donors (Lipinski definition) is 0. The van der Waals surface area contributed by atoms with Crippen molar-refractivity contribution in [2.24, 2.45) is 0 Å². The summed E-state index contributed by atoms with van der Waals surface area (Å²) in [6.45, 7) is 4.48. The van der Waals surface area contributed by atoms with Crippen LogP contribution in [0, 0.1) is 0 Å². The van der Waals surface area contributed by atoms with Gasteiger partial charge in [-0.2, -0.15) is 4.98 Å². The lowest BCUT2D eigenvalue weighted by Gasteiger charge is -2.24. The zero-order valence-electron chi connectivity index (χ0n) is 9.61. The Hall–Kier alpha value is -1.23. The largest absolute Gasteiger partial charge is 0.339 e. The minimum atomic E-state index is 0.0492. The fourth-order valence-corrected chi connectivity index (χ4v) is 1.96. The summed E-state index contributed by atoms with van der Waals surface area (Å²) in [6.07, 6.45) is 4.06. The fraction of sp³-hybridized carbons (Fsp3) is 0.727. The molecule has 0 saturated carbocycles. The number of aromatic nitrogens is 2. The van der Waals surface area contributed by atoms with Crippen molar-refractivity contribution in [1.82, 2.24) is 15.0 Å². The summed E-state index contributed by atoms with van der Waals surface area (Å²) in [5.41, 5.74) is 0. The summed E-state index contributed by atoms with van der Waals surface area (Å²) in [5.74, 6) is 1.17. The molecule has 1 saturated heterocycles. The third-order valence-corrected chi connectivity index (χ3v) is 2.72. The highest BCUT2D eigenvalue weighted by molar-refractivity contribution is 5.77. The summed E-state index contributed by atoms with van der Waals surface area (Å²) in [4.78, 5) is 17.4. The first-order valence-corrected chi connectivity index (χ1v) is 5.77. The molecular weight excluding hydrogens is 206 g/mol. The van der Waals surface area contributed by atoms with E-state index in [-0.39, 0.29) is 12.2 Å². The minimum absolute atomic E-state index is 0.0492. The Morgan fingerprint density at radius 3 is 2.81 bits per heavy atom. The van der Waals surface area contributed by atoms with Crippen LogP contribution in [0.2, 0.25) is 0 Å². The standard InChI is InChI=1S/C11H17N3O2/c1-9(15)7-11-12-10(13-16-11)8-14-5-3-2-4-6-14/h2-8H2,1H3. The molecule has 1 fully saturated rings. The number of ketones is 1. The Bertz CT molecular complexity index is 356. The number of carbonyl (C=O) groups is 1. The van der Waals surface area contributed by atoms with Crippen LogP contribution in [-0.2, 0) is 17.8 Å². The third-order valence-electron chi connectivity index (χ3n) is 2.72. The van der Waals surface area contributed by atoms with Crippen molar-refractivity contribution in [1.29, 1.82) is 0 Å². The molecule has 1 aromatic rings. The van der Waals surface area contributed by atoms with Crippen LogP contribution in [0.3, 0.4) is 0 Å². The third kappa shape index (κ3) is 3.13. The van der Waals surface area contributed by atoms with Gasteiger partial charge in [0.2, 0.25) is 5.89 Å². The van der Waals surface area contributed by atoms with Gasteiger partial charge in [-0.15, -0.1) is 0 Å². The summed E-state index contributed by atoms with van der Waals surface area (Å²) in [6, 6.07) is 0. The lowest BCUT2D eigenvalue weighted by atomic mass is 10.1. The van der Waals surface area contributed by atoms with Gasteiger partial charge in [-0.05, 0) is 32.9 Å². The van der Waals surface area contributed by atoms with Crippen LogP contribution < -0.4 is 0 Å². The van der Waals surface area contributed by atoms with E-state index in [1.54, 1.807) is 0 Å². The molecule has 5 nitrogen and oxygen atoms in total. The monoisotopic (exact) mass is 223 g/mol. The highest BCUT2D eigenvalue weighted by Crippen LogP contribution is 2.11. The molecule has 1 aliphatic rings. The lowest BCUT2D eigenvalue weighted by Crippen LogP contribution is -2.29. The molecule has 1 aliphatic heterocycles. The van der Waals surface area contributed by atoms with Gasteiger partial charge in [-0.25, -0.2) is 0 Å². The molecule has 88 valence electrons. The molecular formula is C11H17N3O2. The molecule has 0 unspecified atom stereocenters. The lowest BCUT2D eigenvalue weighted by molar-refractivity contribution is -0.116. The summed E-state index contributed by atoms with van der Waals surface area (Å²) in [5, 5.41) is 3.88. The van der Waals surface area contributed by atoms with Crippen molar-refractivity contribution in [3.05, 3.63) is 11.7 Å². The number of likely N-dealkylation sites (tertiary alicyclic amines) is 1. The second kappa shape index (κ2) is 5.21. The first kappa shape index (κ1) is 11.3. The second-order valence-corrected chi connectivity index (χ2v) is 4.32. The van der Waals surface area contributed by atoms with E-state index in [2.05, 4.69) is 15.0 Å². The van der Waals surface area contributed by atoms with Gasteiger partial charge in [0.1, 0.15) is 5.78 Å². The zero-order chi connectivity index (χ0) is 11.4. The Kier molecular flexibility index (Phi) is 3.66. The number of piperidine rings is 1. The van der Waals surface area contributed by atoms with Crippen LogP contribution in [0.4, 0.5) is 0 Å². The molecule has 2 heterocycles. The van der Waals surface area contributed by atoms with Crippen molar-refractivity contribution >= 4 is 5.78 Å². The maximum absolute atomic E-state index is 10.9. The van der Waals surface area contributed by atoms with Crippen LogP contribution in [-0.4, -0.2) is 33.9 Å². The molecule has 1 aromatic heterocycles. The molecule has 0 amide bonds. The van der Waals surface area contributed by atoms with Gasteiger partial charge in [0, 0.05) is 0 Å². The van der Waals surface area contributed by atoms with Gasteiger partial charge >= 0.3 is 0 Å². The van der Waals surface area contributed by atoms with Gasteiger partial charge < -0.3 is 4.52 Å². The van der Waals surface area contributed by atoms with E-state index in [4.69, 9.17) is 4.52 Å². The van der Waals surface area contributed by atoms with E-state index in [0.29, 0.717) is 11.7 Å². The first-order chi connectivity index (χ1) is 7.74. The number of Topliss-reactive ketones (excluding diaryl/α,β-unsaturated/α-hetero) is 1. The fourth-order valence-electron chi connectivity index (χ4n) is 1.96. The second-order valence-electron chi connectivity index (χ2n) is 4.32. The Morgan fingerprint density at radius 2 is 2.12 bits per heavy atom. The van der Waals surface area contributed by atoms with Gasteiger partial charge in [-0.3, -0.25) is 9.69 Å². The van der Waals surface area contributed by atoms with Crippen molar-refractivity contribution in [3.8, 4) is 0 Å². The van der Waals surface area contributed by atoms with E-state index < -0.39 is 0 Å². The molecule has 0 bridgehead atoms. The van der Waals surface area contributed by atoms with Gasteiger partial charge in [0.05, 0.1) is 13.0 Å². The van der Waals surface area contributed by atoms with Crippen molar-refractivity contribution in [2.45, 2.75) is 39.2 Å². The van der Waals surface area contributed by atoms with E-state index >= 15 is 0 Å². The smallest absolute Gasteiger partial charge is 0.234 e. The maximum Gasteiger partial charge on any atom is 0.234 e. The average molecular weight is 223 g/mol.